The second kappa shape index (κ2) is 8.10. The highest BCUT2D eigenvalue weighted by Crippen LogP contribution is 2.19. The number of hydrogen-bond donors (Lipinski definition) is 1. The van der Waals surface area contributed by atoms with E-state index >= 15 is 0 Å². The van der Waals surface area contributed by atoms with Gasteiger partial charge in [-0.2, -0.15) is 0 Å². The van der Waals surface area contributed by atoms with Crippen LogP contribution in [0.2, 0.25) is 0 Å². The molecule has 0 spiro atoms. The predicted molar refractivity (Wildman–Crippen MR) is 80.7 cm³/mol. The van der Waals surface area contributed by atoms with Crippen LogP contribution >= 0.6 is 23.7 Å². The molecule has 18 heavy (non-hydrogen) atoms. The molecule has 104 valence electrons. The lowest BCUT2D eigenvalue weighted by molar-refractivity contribution is 0.155. The molecule has 1 aliphatic heterocycles. The van der Waals surface area contributed by atoms with Gasteiger partial charge in [0.05, 0.1) is 5.01 Å². The molecule has 1 aliphatic rings. The van der Waals surface area contributed by atoms with Gasteiger partial charge in [-0.15, -0.1) is 23.7 Å². The third kappa shape index (κ3) is 4.50. The molecule has 5 heteroatoms. The summed E-state index contributed by atoms with van der Waals surface area (Å²) >= 11 is 1.84. The molecule has 0 saturated carbocycles. The molecule has 0 aromatic carbocycles. The molecular formula is C13H24ClN3S. The van der Waals surface area contributed by atoms with E-state index in [1.54, 1.807) is 0 Å². The highest BCUT2D eigenvalue weighted by molar-refractivity contribution is 7.11. The van der Waals surface area contributed by atoms with E-state index in [0.29, 0.717) is 0 Å². The largest absolute Gasteiger partial charge is 0.317 e. The Morgan fingerprint density at radius 2 is 2.17 bits per heavy atom. The Hall–Kier alpha value is -0.160. The lowest BCUT2D eigenvalue weighted by atomic mass is 10.0. The molecule has 0 amide bonds. The van der Waals surface area contributed by atoms with Crippen LogP contribution in [-0.2, 0) is 6.54 Å². The minimum atomic E-state index is 0. The fourth-order valence-electron chi connectivity index (χ4n) is 2.53. The maximum absolute atomic E-state index is 4.35. The Morgan fingerprint density at radius 1 is 1.44 bits per heavy atom. The summed E-state index contributed by atoms with van der Waals surface area (Å²) in [5.41, 5.74) is 0. The number of nitrogens with zero attached hydrogens (tertiary/aromatic N) is 2. The zero-order chi connectivity index (χ0) is 12.1. The van der Waals surface area contributed by atoms with Crippen LogP contribution in [0.5, 0.6) is 0 Å². The fraction of sp³-hybridized carbons (Fsp3) is 0.769. The molecule has 3 nitrogen and oxygen atoms in total. The molecular weight excluding hydrogens is 266 g/mol. The molecule has 0 atom stereocenters. The van der Waals surface area contributed by atoms with Crippen molar-refractivity contribution in [2.24, 2.45) is 0 Å². The molecule has 2 heterocycles. The molecule has 2 rings (SSSR count). The SMILES string of the molecule is CCCN(Cc1cnc(C)s1)C1CCNCC1.Cl. The first-order valence-corrected chi connectivity index (χ1v) is 7.47. The number of hydrogen-bond acceptors (Lipinski definition) is 4. The van der Waals surface area contributed by atoms with Crippen LogP contribution in [0, 0.1) is 6.92 Å². The third-order valence-electron chi connectivity index (χ3n) is 3.36. The lowest BCUT2D eigenvalue weighted by Crippen LogP contribution is -2.42. The maximum Gasteiger partial charge on any atom is 0.0897 e. The zero-order valence-electron chi connectivity index (χ0n) is 11.3. The fourth-order valence-corrected chi connectivity index (χ4v) is 3.35. The molecule has 0 aliphatic carbocycles. The molecule has 1 fully saturated rings. The number of thiazole rings is 1. The molecule has 1 saturated heterocycles. The van der Waals surface area contributed by atoms with E-state index in [4.69, 9.17) is 0 Å². The van der Waals surface area contributed by atoms with E-state index in [9.17, 15) is 0 Å². The Kier molecular flexibility index (Phi) is 7.15. The van der Waals surface area contributed by atoms with E-state index in [1.807, 2.05) is 17.5 Å². The first-order valence-electron chi connectivity index (χ1n) is 6.65. The Morgan fingerprint density at radius 3 is 2.72 bits per heavy atom. The lowest BCUT2D eigenvalue weighted by Gasteiger charge is -2.34. The van der Waals surface area contributed by atoms with E-state index in [1.165, 1.54) is 48.8 Å². The summed E-state index contributed by atoms with van der Waals surface area (Å²) in [6.07, 6.45) is 5.86. The van der Waals surface area contributed by atoms with E-state index < -0.39 is 0 Å². The summed E-state index contributed by atoms with van der Waals surface area (Å²) in [5, 5.41) is 4.63. The number of aromatic nitrogens is 1. The second-order valence-corrected chi connectivity index (χ2v) is 6.12. The molecule has 0 radical (unpaired) electrons. The summed E-state index contributed by atoms with van der Waals surface area (Å²) in [5.74, 6) is 0. The topological polar surface area (TPSA) is 28.2 Å². The Labute approximate surface area is 120 Å². The van der Waals surface area contributed by atoms with Crippen LogP contribution in [0.15, 0.2) is 6.20 Å². The second-order valence-electron chi connectivity index (χ2n) is 4.80. The number of piperidine rings is 1. The van der Waals surface area contributed by atoms with Gasteiger partial charge < -0.3 is 5.32 Å². The smallest absolute Gasteiger partial charge is 0.0897 e. The van der Waals surface area contributed by atoms with Gasteiger partial charge >= 0.3 is 0 Å². The Balaban J connectivity index is 0.00000162. The zero-order valence-corrected chi connectivity index (χ0v) is 12.9. The van der Waals surface area contributed by atoms with Crippen LogP contribution in [0.4, 0.5) is 0 Å². The molecule has 1 N–H and O–H groups in total. The Bertz CT molecular complexity index is 337. The highest BCUT2D eigenvalue weighted by atomic mass is 35.5. The van der Waals surface area contributed by atoms with Crippen molar-refractivity contribution < 1.29 is 0 Å². The summed E-state index contributed by atoms with van der Waals surface area (Å²) in [6, 6.07) is 0.763. The third-order valence-corrected chi connectivity index (χ3v) is 4.26. The van der Waals surface area contributed by atoms with Crippen LogP contribution < -0.4 is 5.32 Å². The van der Waals surface area contributed by atoms with Crippen molar-refractivity contribution in [3.05, 3.63) is 16.1 Å². The van der Waals surface area contributed by atoms with Gasteiger partial charge in [-0.1, -0.05) is 6.92 Å². The standard InChI is InChI=1S/C13H23N3S.ClH/c1-3-8-16(12-4-6-14-7-5-12)10-13-9-15-11(2)17-13;/h9,12,14H,3-8,10H2,1-2H3;1H. The number of nitrogens with one attached hydrogen (secondary N) is 1. The van der Waals surface area contributed by atoms with Gasteiger partial charge in [0, 0.05) is 23.7 Å². The molecule has 0 unspecified atom stereocenters. The van der Waals surface area contributed by atoms with Crippen molar-refractivity contribution in [3.8, 4) is 0 Å². The van der Waals surface area contributed by atoms with Gasteiger partial charge in [0.2, 0.25) is 0 Å². The average molecular weight is 290 g/mol. The quantitative estimate of drug-likeness (QED) is 0.903. The van der Waals surface area contributed by atoms with Crippen LogP contribution in [0.25, 0.3) is 0 Å². The predicted octanol–water partition coefficient (Wildman–Crippen LogP) is 2.84. The van der Waals surface area contributed by atoms with Gasteiger partial charge in [0.15, 0.2) is 0 Å². The summed E-state index contributed by atoms with van der Waals surface area (Å²) in [6.45, 7) is 9.00. The van der Waals surface area contributed by atoms with Gasteiger partial charge in [-0.25, -0.2) is 4.98 Å². The first-order chi connectivity index (χ1) is 8.29. The number of aryl methyl sites for hydroxylation is 1. The van der Waals surface area contributed by atoms with Crippen LogP contribution in [0.1, 0.15) is 36.1 Å². The van der Waals surface area contributed by atoms with Crippen molar-refractivity contribution in [2.75, 3.05) is 19.6 Å². The molecule has 1 aromatic rings. The van der Waals surface area contributed by atoms with Gasteiger partial charge in [-0.05, 0) is 45.8 Å². The number of rotatable bonds is 5. The van der Waals surface area contributed by atoms with Crippen LogP contribution in [-0.4, -0.2) is 35.6 Å². The van der Waals surface area contributed by atoms with Crippen molar-refractivity contribution in [1.82, 2.24) is 15.2 Å². The number of halogens is 1. The monoisotopic (exact) mass is 289 g/mol. The van der Waals surface area contributed by atoms with E-state index in [-0.39, 0.29) is 12.4 Å². The minimum absolute atomic E-state index is 0. The summed E-state index contributed by atoms with van der Waals surface area (Å²) in [4.78, 5) is 8.41. The summed E-state index contributed by atoms with van der Waals surface area (Å²) < 4.78 is 0. The van der Waals surface area contributed by atoms with Crippen molar-refractivity contribution in [3.63, 3.8) is 0 Å². The first kappa shape index (κ1) is 15.9. The van der Waals surface area contributed by atoms with E-state index in [0.717, 1.165) is 12.6 Å². The molecule has 1 aromatic heterocycles. The van der Waals surface area contributed by atoms with Gasteiger partial charge in [0.1, 0.15) is 0 Å². The van der Waals surface area contributed by atoms with Crippen molar-refractivity contribution in [1.29, 1.82) is 0 Å². The van der Waals surface area contributed by atoms with Crippen molar-refractivity contribution >= 4 is 23.7 Å². The normalized spacial score (nSPS) is 16.8. The van der Waals surface area contributed by atoms with Gasteiger partial charge in [0.25, 0.3) is 0 Å². The molecule has 0 bridgehead atoms. The van der Waals surface area contributed by atoms with Gasteiger partial charge in [-0.3, -0.25) is 4.90 Å². The van der Waals surface area contributed by atoms with Crippen LogP contribution in [0.3, 0.4) is 0 Å². The summed E-state index contributed by atoms with van der Waals surface area (Å²) in [7, 11) is 0. The average Bonchev–Trinajstić information content (AvgIpc) is 2.75. The van der Waals surface area contributed by atoms with Crippen molar-refractivity contribution in [2.45, 2.75) is 45.7 Å². The minimum Gasteiger partial charge on any atom is -0.317 e. The van der Waals surface area contributed by atoms with E-state index in [2.05, 4.69) is 29.0 Å². The highest BCUT2D eigenvalue weighted by Gasteiger charge is 2.20. The maximum atomic E-state index is 4.35.